The molecule has 0 spiro atoms. The zero-order valence-electron chi connectivity index (χ0n) is 15.0. The predicted molar refractivity (Wildman–Crippen MR) is 104 cm³/mol. The zero-order valence-corrected chi connectivity index (χ0v) is 15.8. The van der Waals surface area contributed by atoms with Gasteiger partial charge in [0.1, 0.15) is 5.03 Å². The summed E-state index contributed by atoms with van der Waals surface area (Å²) in [7, 11) is 0. The monoisotopic (exact) mass is 391 g/mol. The van der Waals surface area contributed by atoms with E-state index in [1.54, 1.807) is 17.1 Å². The van der Waals surface area contributed by atoms with Gasteiger partial charge >= 0.3 is 0 Å². The van der Waals surface area contributed by atoms with Crippen LogP contribution in [0.25, 0.3) is 22.3 Å². The number of hydrogen-bond donors (Lipinski definition) is 0. The van der Waals surface area contributed by atoms with Crippen LogP contribution < -0.4 is 0 Å². The first-order valence-electron chi connectivity index (χ1n) is 9.09. The fourth-order valence-corrected chi connectivity index (χ4v) is 4.08. The summed E-state index contributed by atoms with van der Waals surface area (Å²) in [5.41, 5.74) is 1.74. The molecule has 1 atom stereocenters. The number of fused-ring (bicyclic) bond motifs is 1. The molecule has 9 heteroatoms. The quantitative estimate of drug-likeness (QED) is 0.480. The fourth-order valence-electron chi connectivity index (χ4n) is 3.20. The van der Waals surface area contributed by atoms with Gasteiger partial charge < -0.3 is 4.74 Å². The van der Waals surface area contributed by atoms with Crippen molar-refractivity contribution < 1.29 is 4.74 Å². The summed E-state index contributed by atoms with van der Waals surface area (Å²) < 4.78 is 7.51. The van der Waals surface area contributed by atoms with Crippen LogP contribution in [0.2, 0.25) is 0 Å². The molecule has 0 saturated carbocycles. The van der Waals surface area contributed by atoms with Gasteiger partial charge in [0.15, 0.2) is 5.82 Å². The molecule has 0 N–H and O–H groups in total. The van der Waals surface area contributed by atoms with Gasteiger partial charge in [0.25, 0.3) is 0 Å². The third-order valence-electron chi connectivity index (χ3n) is 4.58. The van der Waals surface area contributed by atoms with Crippen LogP contribution in [0.15, 0.2) is 59.0 Å². The second-order valence-electron chi connectivity index (χ2n) is 6.49. The highest BCUT2D eigenvalue weighted by molar-refractivity contribution is 7.99. The molecule has 0 unspecified atom stereocenters. The highest BCUT2D eigenvalue weighted by Gasteiger charge is 2.20. The van der Waals surface area contributed by atoms with Gasteiger partial charge in [0.2, 0.25) is 5.16 Å². The van der Waals surface area contributed by atoms with E-state index in [9.17, 15) is 0 Å². The zero-order chi connectivity index (χ0) is 18.8. The number of hydrogen-bond acceptors (Lipinski definition) is 8. The minimum Gasteiger partial charge on any atom is -0.376 e. The Morgan fingerprint density at radius 3 is 2.96 bits per heavy atom. The molecule has 0 aliphatic carbocycles. The molecule has 1 aliphatic rings. The SMILES string of the molecule is c1cncc(-c2nc(Sc3nnnn3C[C@@H]3CCCO3)c3ccccc3n2)c1. The lowest BCUT2D eigenvalue weighted by Crippen LogP contribution is -2.16. The third-order valence-corrected chi connectivity index (χ3v) is 5.56. The molecule has 0 radical (unpaired) electrons. The first-order valence-corrected chi connectivity index (χ1v) is 9.91. The average Bonchev–Trinajstić information content (AvgIpc) is 3.41. The maximum Gasteiger partial charge on any atom is 0.215 e. The number of benzene rings is 1. The van der Waals surface area contributed by atoms with E-state index in [2.05, 4.69) is 20.5 Å². The maximum absolute atomic E-state index is 5.72. The molecule has 4 aromatic rings. The Morgan fingerprint density at radius 2 is 2.11 bits per heavy atom. The standard InChI is InChI=1S/C19H17N7OS/c1-2-8-16-15(7-1)18(22-17(21-16)13-5-3-9-20-11-13)28-19-23-24-25-26(19)12-14-6-4-10-27-14/h1-3,5,7-9,11,14H,4,6,10,12H2/t14-/m0/s1. The maximum atomic E-state index is 5.72. The van der Waals surface area contributed by atoms with E-state index in [4.69, 9.17) is 14.7 Å². The van der Waals surface area contributed by atoms with Crippen molar-refractivity contribution in [1.29, 1.82) is 0 Å². The topological polar surface area (TPSA) is 91.5 Å². The molecule has 5 rings (SSSR count). The summed E-state index contributed by atoms with van der Waals surface area (Å²) in [6, 6.07) is 11.8. The Hall–Kier alpha value is -2.91. The van der Waals surface area contributed by atoms with Gasteiger partial charge in [0.05, 0.1) is 18.2 Å². The van der Waals surface area contributed by atoms with E-state index >= 15 is 0 Å². The Labute approximate surface area is 165 Å². The van der Waals surface area contributed by atoms with Crippen molar-refractivity contribution in [2.24, 2.45) is 0 Å². The van der Waals surface area contributed by atoms with E-state index in [-0.39, 0.29) is 6.10 Å². The number of aromatic nitrogens is 7. The lowest BCUT2D eigenvalue weighted by Gasteiger charge is -2.11. The van der Waals surface area contributed by atoms with Crippen LogP contribution in [0.4, 0.5) is 0 Å². The van der Waals surface area contributed by atoms with E-state index in [0.29, 0.717) is 17.5 Å². The smallest absolute Gasteiger partial charge is 0.215 e. The van der Waals surface area contributed by atoms with Crippen molar-refractivity contribution in [1.82, 2.24) is 35.2 Å². The van der Waals surface area contributed by atoms with Gasteiger partial charge in [-0.25, -0.2) is 14.6 Å². The van der Waals surface area contributed by atoms with E-state index < -0.39 is 0 Å². The second-order valence-corrected chi connectivity index (χ2v) is 7.45. The van der Waals surface area contributed by atoms with Crippen molar-refractivity contribution in [3.8, 4) is 11.4 Å². The molecule has 1 aliphatic heterocycles. The largest absolute Gasteiger partial charge is 0.376 e. The van der Waals surface area contributed by atoms with E-state index in [0.717, 1.165) is 40.9 Å². The second kappa shape index (κ2) is 7.61. The predicted octanol–water partition coefficient (Wildman–Crippen LogP) is 3.01. The van der Waals surface area contributed by atoms with Crippen LogP contribution in [0, 0.1) is 0 Å². The molecule has 1 saturated heterocycles. The molecule has 28 heavy (non-hydrogen) atoms. The van der Waals surface area contributed by atoms with Crippen LogP contribution in [0.1, 0.15) is 12.8 Å². The first-order chi connectivity index (χ1) is 13.9. The highest BCUT2D eigenvalue weighted by atomic mass is 32.2. The minimum absolute atomic E-state index is 0.163. The van der Waals surface area contributed by atoms with Gasteiger partial charge in [-0.15, -0.1) is 5.10 Å². The Bertz CT molecular complexity index is 1100. The van der Waals surface area contributed by atoms with Gasteiger partial charge in [-0.3, -0.25) is 4.98 Å². The number of rotatable bonds is 5. The molecule has 4 heterocycles. The van der Waals surface area contributed by atoms with Crippen molar-refractivity contribution in [3.63, 3.8) is 0 Å². The molecule has 0 bridgehead atoms. The van der Waals surface area contributed by atoms with Gasteiger partial charge in [-0.05, 0) is 53.2 Å². The van der Waals surface area contributed by atoms with Crippen molar-refractivity contribution >= 4 is 22.7 Å². The van der Waals surface area contributed by atoms with Gasteiger partial charge in [-0.2, -0.15) is 0 Å². The number of tetrazole rings is 1. The fraction of sp³-hybridized carbons (Fsp3) is 0.263. The normalized spacial score (nSPS) is 16.6. The summed E-state index contributed by atoms with van der Waals surface area (Å²) in [6.07, 6.45) is 5.78. The highest BCUT2D eigenvalue weighted by Crippen LogP contribution is 2.32. The summed E-state index contributed by atoms with van der Waals surface area (Å²) in [5.74, 6) is 0.632. The summed E-state index contributed by atoms with van der Waals surface area (Å²) in [4.78, 5) is 13.7. The van der Waals surface area contributed by atoms with Gasteiger partial charge in [-0.1, -0.05) is 18.2 Å². The first kappa shape index (κ1) is 17.2. The minimum atomic E-state index is 0.163. The van der Waals surface area contributed by atoms with E-state index in [1.165, 1.54) is 11.8 Å². The van der Waals surface area contributed by atoms with Crippen LogP contribution in [0.5, 0.6) is 0 Å². The van der Waals surface area contributed by atoms with Crippen LogP contribution in [0.3, 0.4) is 0 Å². The van der Waals surface area contributed by atoms with Crippen molar-refractivity contribution in [3.05, 3.63) is 48.8 Å². The Balaban J connectivity index is 1.53. The van der Waals surface area contributed by atoms with Crippen molar-refractivity contribution in [2.45, 2.75) is 35.7 Å². The Kier molecular flexibility index (Phi) is 4.67. The summed E-state index contributed by atoms with van der Waals surface area (Å²) in [5, 5.41) is 14.7. The molecular formula is C19H17N7OS. The number of pyridine rings is 1. The van der Waals surface area contributed by atoms with Crippen molar-refractivity contribution in [2.75, 3.05) is 6.61 Å². The number of nitrogens with zero attached hydrogens (tertiary/aromatic N) is 7. The number of para-hydroxylation sites is 1. The molecule has 0 amide bonds. The summed E-state index contributed by atoms with van der Waals surface area (Å²) >= 11 is 1.44. The molecule has 3 aromatic heterocycles. The van der Waals surface area contributed by atoms with E-state index in [1.807, 2.05) is 36.4 Å². The molecule has 8 nitrogen and oxygen atoms in total. The summed E-state index contributed by atoms with van der Waals surface area (Å²) in [6.45, 7) is 1.45. The molecule has 1 aromatic carbocycles. The third kappa shape index (κ3) is 3.46. The lowest BCUT2D eigenvalue weighted by atomic mass is 10.2. The van der Waals surface area contributed by atoms with Crippen LogP contribution in [-0.2, 0) is 11.3 Å². The van der Waals surface area contributed by atoms with Crippen LogP contribution in [-0.4, -0.2) is 47.9 Å². The molecule has 1 fully saturated rings. The Morgan fingerprint density at radius 1 is 1.14 bits per heavy atom. The van der Waals surface area contributed by atoms with Crippen LogP contribution >= 0.6 is 11.8 Å². The average molecular weight is 391 g/mol. The molecular weight excluding hydrogens is 374 g/mol. The number of ether oxygens (including phenoxy) is 1. The molecule has 140 valence electrons. The van der Waals surface area contributed by atoms with Gasteiger partial charge in [0, 0.05) is 30.0 Å². The lowest BCUT2D eigenvalue weighted by molar-refractivity contribution is 0.0912.